The summed E-state index contributed by atoms with van der Waals surface area (Å²) in [5.41, 5.74) is 3.18. The van der Waals surface area contributed by atoms with E-state index in [0.29, 0.717) is 17.5 Å². The summed E-state index contributed by atoms with van der Waals surface area (Å²) in [6, 6.07) is 17.1. The zero-order valence-electron chi connectivity index (χ0n) is 16.8. The highest BCUT2D eigenvalue weighted by Gasteiger charge is 2.28. The molecule has 1 unspecified atom stereocenters. The molecule has 3 aromatic heterocycles. The predicted octanol–water partition coefficient (Wildman–Crippen LogP) is 5.63. The molecule has 0 N–H and O–H groups in total. The van der Waals surface area contributed by atoms with E-state index >= 15 is 0 Å². The Morgan fingerprint density at radius 3 is 2.80 bits per heavy atom. The number of para-hydroxylation sites is 1. The number of nitrogens with zero attached hydrogens (tertiary/aromatic N) is 5. The third-order valence-corrected chi connectivity index (χ3v) is 7.03. The molecule has 0 aliphatic carbocycles. The van der Waals surface area contributed by atoms with Crippen LogP contribution in [-0.4, -0.2) is 30.8 Å². The highest BCUT2D eigenvalue weighted by molar-refractivity contribution is 7.71. The average Bonchev–Trinajstić information content (AvgIpc) is 3.51. The van der Waals surface area contributed by atoms with Crippen molar-refractivity contribution in [2.45, 2.75) is 32.5 Å². The van der Waals surface area contributed by atoms with Crippen LogP contribution in [0.4, 0.5) is 0 Å². The summed E-state index contributed by atoms with van der Waals surface area (Å²) in [7, 11) is 0. The van der Waals surface area contributed by atoms with Crippen LogP contribution in [0.1, 0.15) is 29.3 Å². The largest absolute Gasteiger partial charge is 0.276 e. The lowest BCUT2D eigenvalue weighted by Gasteiger charge is -2.23. The highest BCUT2D eigenvalue weighted by atomic mass is 32.1. The Bertz CT molecular complexity index is 1190. The Kier molecular flexibility index (Phi) is 5.33. The normalized spacial score (nSPS) is 16.9. The molecule has 0 radical (unpaired) electrons. The van der Waals surface area contributed by atoms with Gasteiger partial charge in [-0.15, -0.1) is 16.4 Å². The van der Waals surface area contributed by atoms with E-state index in [0.717, 1.165) is 29.2 Å². The number of hydrogen-bond donors (Lipinski definition) is 0. The predicted molar refractivity (Wildman–Crippen MR) is 123 cm³/mol. The van der Waals surface area contributed by atoms with Crippen LogP contribution in [0.3, 0.4) is 0 Å². The quantitative estimate of drug-likeness (QED) is 0.382. The van der Waals surface area contributed by atoms with Gasteiger partial charge in [-0.1, -0.05) is 24.3 Å². The zero-order chi connectivity index (χ0) is 20.5. The molecule has 1 aliphatic rings. The Hall–Kier alpha value is -2.61. The fourth-order valence-electron chi connectivity index (χ4n) is 4.18. The molecule has 0 spiro atoms. The number of benzene rings is 1. The first-order valence-electron chi connectivity index (χ1n) is 10.2. The molecule has 0 bridgehead atoms. The van der Waals surface area contributed by atoms with Crippen molar-refractivity contribution in [2.24, 2.45) is 0 Å². The van der Waals surface area contributed by atoms with Gasteiger partial charge in [0.05, 0.1) is 12.4 Å². The van der Waals surface area contributed by atoms with Crippen LogP contribution >= 0.6 is 23.6 Å². The Morgan fingerprint density at radius 2 is 2.03 bits per heavy atom. The lowest BCUT2D eigenvalue weighted by Crippen LogP contribution is -2.26. The summed E-state index contributed by atoms with van der Waals surface area (Å²) < 4.78 is 4.76. The monoisotopic (exact) mass is 433 g/mol. The maximum absolute atomic E-state index is 5.95. The number of likely N-dealkylation sites (tertiary alicyclic amines) is 1. The first-order valence-corrected chi connectivity index (χ1v) is 11.4. The summed E-state index contributed by atoms with van der Waals surface area (Å²) >= 11 is 7.78. The third-order valence-electron chi connectivity index (χ3n) is 5.67. The molecule has 7 heteroatoms. The first kappa shape index (κ1) is 19.4. The van der Waals surface area contributed by atoms with Gasteiger partial charge in [-0.2, -0.15) is 0 Å². The number of rotatable bonds is 5. The molecule has 1 saturated heterocycles. The van der Waals surface area contributed by atoms with Crippen molar-refractivity contribution in [3.63, 3.8) is 0 Å². The van der Waals surface area contributed by atoms with E-state index in [2.05, 4.69) is 51.0 Å². The van der Waals surface area contributed by atoms with Gasteiger partial charge in [0.15, 0.2) is 5.82 Å². The van der Waals surface area contributed by atoms with E-state index in [1.165, 1.54) is 17.7 Å². The van der Waals surface area contributed by atoms with Crippen LogP contribution in [0.5, 0.6) is 0 Å². The van der Waals surface area contributed by atoms with Crippen LogP contribution in [0.15, 0.2) is 66.3 Å². The standard InChI is InChI=1S/C23H23N5S2/c1-17-7-2-3-9-19(17)28-22(18-8-4-12-24-15-18)25-27(23(28)29)16-26-13-5-10-20(26)21-11-6-14-30-21/h2-4,6-9,11-12,14-15,20H,5,10,13,16H2,1H3. The molecule has 0 saturated carbocycles. The molecule has 152 valence electrons. The van der Waals surface area contributed by atoms with E-state index in [1.807, 2.05) is 46.5 Å². The van der Waals surface area contributed by atoms with E-state index in [4.69, 9.17) is 17.3 Å². The van der Waals surface area contributed by atoms with Crippen molar-refractivity contribution < 1.29 is 0 Å². The van der Waals surface area contributed by atoms with Crippen molar-refractivity contribution in [1.29, 1.82) is 0 Å². The molecule has 30 heavy (non-hydrogen) atoms. The number of hydrogen-bond acceptors (Lipinski definition) is 5. The molecule has 1 aromatic carbocycles. The van der Waals surface area contributed by atoms with Crippen molar-refractivity contribution >= 4 is 23.6 Å². The number of pyridine rings is 1. The lowest BCUT2D eigenvalue weighted by atomic mass is 10.2. The lowest BCUT2D eigenvalue weighted by molar-refractivity contribution is 0.192. The van der Waals surface area contributed by atoms with Crippen LogP contribution < -0.4 is 0 Å². The second kappa shape index (κ2) is 8.26. The second-order valence-electron chi connectivity index (χ2n) is 7.60. The van der Waals surface area contributed by atoms with Gasteiger partial charge in [0, 0.05) is 35.4 Å². The van der Waals surface area contributed by atoms with Crippen LogP contribution in [0, 0.1) is 11.7 Å². The van der Waals surface area contributed by atoms with Crippen molar-refractivity contribution in [1.82, 2.24) is 24.2 Å². The summed E-state index contributed by atoms with van der Waals surface area (Å²) in [5.74, 6) is 0.828. The van der Waals surface area contributed by atoms with Gasteiger partial charge >= 0.3 is 0 Å². The number of aromatic nitrogens is 4. The minimum absolute atomic E-state index is 0.442. The van der Waals surface area contributed by atoms with Gasteiger partial charge in [-0.3, -0.25) is 14.5 Å². The second-order valence-corrected chi connectivity index (χ2v) is 8.94. The van der Waals surface area contributed by atoms with Gasteiger partial charge < -0.3 is 0 Å². The van der Waals surface area contributed by atoms with Crippen molar-refractivity contribution in [3.05, 3.63) is 81.5 Å². The van der Waals surface area contributed by atoms with Gasteiger partial charge in [-0.25, -0.2) is 4.68 Å². The molecule has 1 atom stereocenters. The SMILES string of the molecule is Cc1ccccc1-n1c(-c2cccnc2)nn(CN2CCCC2c2cccs2)c1=S. The number of thiophene rings is 1. The minimum Gasteiger partial charge on any atom is -0.276 e. The molecular weight excluding hydrogens is 410 g/mol. The highest BCUT2D eigenvalue weighted by Crippen LogP contribution is 2.35. The molecule has 5 rings (SSSR count). The number of aryl methyl sites for hydroxylation is 1. The molecular formula is C23H23N5S2. The van der Waals surface area contributed by atoms with E-state index in [1.54, 1.807) is 6.20 Å². The Balaban J connectivity index is 1.59. The summed E-state index contributed by atoms with van der Waals surface area (Å²) in [6.07, 6.45) is 6.01. The Labute approximate surface area is 185 Å². The molecule has 1 fully saturated rings. The van der Waals surface area contributed by atoms with Gasteiger partial charge in [-0.05, 0) is 67.2 Å². The molecule has 0 amide bonds. The topological polar surface area (TPSA) is 38.9 Å². The minimum atomic E-state index is 0.442. The van der Waals surface area contributed by atoms with Crippen molar-refractivity contribution in [3.8, 4) is 17.1 Å². The van der Waals surface area contributed by atoms with E-state index in [9.17, 15) is 0 Å². The maximum Gasteiger partial charge on any atom is 0.204 e. The smallest absolute Gasteiger partial charge is 0.204 e. The van der Waals surface area contributed by atoms with Crippen LogP contribution in [-0.2, 0) is 6.67 Å². The first-order chi connectivity index (χ1) is 14.7. The maximum atomic E-state index is 5.95. The van der Waals surface area contributed by atoms with Crippen LogP contribution in [0.25, 0.3) is 17.1 Å². The summed E-state index contributed by atoms with van der Waals surface area (Å²) in [4.78, 5) is 8.21. The van der Waals surface area contributed by atoms with Crippen LogP contribution in [0.2, 0.25) is 0 Å². The van der Waals surface area contributed by atoms with Gasteiger partial charge in [0.1, 0.15) is 0 Å². The summed E-state index contributed by atoms with van der Waals surface area (Å²) in [5, 5.41) is 7.13. The average molecular weight is 434 g/mol. The third kappa shape index (κ3) is 3.53. The van der Waals surface area contributed by atoms with E-state index < -0.39 is 0 Å². The molecule has 1 aliphatic heterocycles. The van der Waals surface area contributed by atoms with Gasteiger partial charge in [0.2, 0.25) is 4.77 Å². The van der Waals surface area contributed by atoms with E-state index in [-0.39, 0.29) is 0 Å². The fraction of sp³-hybridized carbons (Fsp3) is 0.261. The zero-order valence-corrected chi connectivity index (χ0v) is 18.4. The molecule has 5 nitrogen and oxygen atoms in total. The van der Waals surface area contributed by atoms with Gasteiger partial charge in [0.25, 0.3) is 0 Å². The molecule has 4 aromatic rings. The Morgan fingerprint density at radius 1 is 1.13 bits per heavy atom. The van der Waals surface area contributed by atoms with Crippen molar-refractivity contribution in [2.75, 3.05) is 6.54 Å². The molecule has 4 heterocycles. The fourth-order valence-corrected chi connectivity index (χ4v) is 5.36. The summed E-state index contributed by atoms with van der Waals surface area (Å²) in [6.45, 7) is 3.85.